The van der Waals surface area contributed by atoms with Crippen LogP contribution in [-0.2, 0) is 20.7 Å². The molecule has 0 bridgehead atoms. The lowest BCUT2D eigenvalue weighted by Gasteiger charge is -2.23. The molecule has 1 amide bonds. The van der Waals surface area contributed by atoms with Crippen LogP contribution in [0.25, 0.3) is 0 Å². The minimum Gasteiger partial charge on any atom is -0.492 e. The predicted molar refractivity (Wildman–Crippen MR) is 107 cm³/mol. The topological polar surface area (TPSA) is 85.3 Å². The number of carbonyl (C=O) groups is 2. The van der Waals surface area contributed by atoms with E-state index in [0.29, 0.717) is 12.2 Å². The molecule has 1 aromatic carbocycles. The van der Waals surface area contributed by atoms with E-state index in [0.717, 1.165) is 5.56 Å². The molecule has 0 aliphatic carbocycles. The zero-order valence-corrected chi connectivity index (χ0v) is 18.0. The van der Waals surface area contributed by atoms with Crippen LogP contribution in [0.5, 0.6) is 5.75 Å². The molecule has 0 aliphatic rings. The largest absolute Gasteiger partial charge is 0.492 e. The molecule has 7 nitrogen and oxygen atoms in total. The average molecular weight is 449 g/mol. The summed E-state index contributed by atoms with van der Waals surface area (Å²) >= 11 is 0. The number of amides is 1. The second-order valence-corrected chi connectivity index (χ2v) is 7.32. The smallest absolute Gasteiger partial charge is 0.422 e. The summed E-state index contributed by atoms with van der Waals surface area (Å²) in [4.78, 5) is 24.3. The zero-order chi connectivity index (χ0) is 23.4. The lowest BCUT2D eigenvalue weighted by molar-refractivity contribution is -0.162. The molecule has 0 saturated carbocycles. The zero-order valence-electron chi connectivity index (χ0n) is 18.0. The number of benzene rings is 1. The molecule has 176 valence electrons. The number of hydrogen-bond acceptors (Lipinski definition) is 5. The summed E-state index contributed by atoms with van der Waals surface area (Å²) in [6, 6.07) is 6.72. The molecule has 31 heavy (non-hydrogen) atoms. The molecule has 0 fully saturated rings. The second kappa shape index (κ2) is 13.0. The van der Waals surface area contributed by atoms with Gasteiger partial charge in [-0.3, -0.25) is 0 Å². The highest BCUT2D eigenvalue weighted by molar-refractivity contribution is 5.72. The number of hydrogen-bond donors (Lipinski definition) is 1. The summed E-state index contributed by atoms with van der Waals surface area (Å²) in [6.45, 7) is 4.64. The lowest BCUT2D eigenvalue weighted by Crippen LogP contribution is -2.38. The van der Waals surface area contributed by atoms with E-state index in [2.05, 4.69) is 4.74 Å². The van der Waals surface area contributed by atoms with Crippen LogP contribution >= 0.6 is 0 Å². The van der Waals surface area contributed by atoms with E-state index < -0.39 is 30.9 Å². The summed E-state index contributed by atoms with van der Waals surface area (Å²) in [6.07, 6.45) is -5.74. The van der Waals surface area contributed by atoms with Crippen molar-refractivity contribution in [3.8, 4) is 5.75 Å². The predicted octanol–water partition coefficient (Wildman–Crippen LogP) is 4.14. The van der Waals surface area contributed by atoms with Crippen LogP contribution in [0.1, 0.15) is 32.8 Å². The Kier molecular flexibility index (Phi) is 11.2. The Labute approximate surface area is 180 Å². The Hall–Kier alpha value is -2.49. The maximum atomic E-state index is 12.3. The third kappa shape index (κ3) is 11.5. The fourth-order valence-electron chi connectivity index (χ4n) is 2.57. The molecular weight excluding hydrogens is 419 g/mol. The minimum absolute atomic E-state index is 0.0647. The molecule has 0 radical (unpaired) electrons. The first-order chi connectivity index (χ1) is 14.5. The summed E-state index contributed by atoms with van der Waals surface area (Å²) in [7, 11) is 0. The van der Waals surface area contributed by atoms with Gasteiger partial charge in [-0.2, -0.15) is 13.2 Å². The highest BCUT2D eigenvalue weighted by Crippen LogP contribution is 2.17. The van der Waals surface area contributed by atoms with Crippen molar-refractivity contribution < 1.29 is 42.1 Å². The molecule has 0 saturated heterocycles. The molecule has 0 aromatic heterocycles. The van der Waals surface area contributed by atoms with Crippen LogP contribution in [0, 0.1) is 5.92 Å². The Balaban J connectivity index is 2.59. The highest BCUT2D eigenvalue weighted by atomic mass is 19.4. The maximum absolute atomic E-state index is 12.3. The van der Waals surface area contributed by atoms with Crippen molar-refractivity contribution in [1.82, 2.24) is 4.90 Å². The molecule has 0 aliphatic heterocycles. The van der Waals surface area contributed by atoms with E-state index in [1.54, 1.807) is 31.2 Å². The number of halogens is 3. The number of carbonyl (C=O) groups excluding carboxylic acids is 1. The van der Waals surface area contributed by atoms with Gasteiger partial charge in [-0.25, -0.2) is 9.59 Å². The molecule has 1 aromatic rings. The van der Waals surface area contributed by atoms with Crippen molar-refractivity contribution in [3.05, 3.63) is 29.8 Å². The number of alkyl halides is 3. The van der Waals surface area contributed by atoms with Crippen LogP contribution in [0.4, 0.5) is 18.0 Å². The van der Waals surface area contributed by atoms with E-state index >= 15 is 0 Å². The third-order valence-corrected chi connectivity index (χ3v) is 4.21. The van der Waals surface area contributed by atoms with Gasteiger partial charge in [0.15, 0.2) is 12.7 Å². The van der Waals surface area contributed by atoms with Gasteiger partial charge in [0.25, 0.3) is 0 Å². The molecule has 1 unspecified atom stereocenters. The minimum atomic E-state index is -4.58. The third-order valence-electron chi connectivity index (χ3n) is 4.21. The fourth-order valence-corrected chi connectivity index (χ4v) is 2.57. The quantitative estimate of drug-likeness (QED) is 0.487. The van der Waals surface area contributed by atoms with Crippen LogP contribution in [0.2, 0.25) is 0 Å². The Morgan fingerprint density at radius 2 is 1.77 bits per heavy atom. The molecular formula is C21H30F3NO6. The van der Waals surface area contributed by atoms with Gasteiger partial charge >= 0.3 is 18.2 Å². The molecule has 1 atom stereocenters. The first-order valence-corrected chi connectivity index (χ1v) is 10.1. The van der Waals surface area contributed by atoms with Crippen LogP contribution in [0.15, 0.2) is 24.3 Å². The van der Waals surface area contributed by atoms with Gasteiger partial charge in [0, 0.05) is 19.6 Å². The molecule has 0 heterocycles. The van der Waals surface area contributed by atoms with E-state index in [9.17, 15) is 22.8 Å². The standard InChI is InChI=1S/C21H30F3NO6/c1-4-29-18(19(26)27)13-16-5-7-17(8-6-16)30-12-11-25(10-9-15(2)3)20(28)31-14-21(22,23)24/h5-8,15,18H,4,9-14H2,1-3H3,(H,26,27). The van der Waals surface area contributed by atoms with Gasteiger partial charge in [0.05, 0.1) is 6.54 Å². The van der Waals surface area contributed by atoms with E-state index in [1.165, 1.54) is 4.90 Å². The van der Waals surface area contributed by atoms with Crippen molar-refractivity contribution in [1.29, 1.82) is 0 Å². The molecule has 1 rings (SSSR count). The van der Waals surface area contributed by atoms with Gasteiger partial charge < -0.3 is 24.2 Å². The summed E-state index contributed by atoms with van der Waals surface area (Å²) in [5.74, 6) is -0.293. The number of nitrogens with zero attached hydrogens (tertiary/aromatic N) is 1. The van der Waals surface area contributed by atoms with Crippen molar-refractivity contribution in [2.45, 2.75) is 45.9 Å². The number of ether oxygens (including phenoxy) is 3. The highest BCUT2D eigenvalue weighted by Gasteiger charge is 2.30. The van der Waals surface area contributed by atoms with Crippen molar-refractivity contribution >= 4 is 12.1 Å². The van der Waals surface area contributed by atoms with Crippen LogP contribution in [0.3, 0.4) is 0 Å². The monoisotopic (exact) mass is 449 g/mol. The van der Waals surface area contributed by atoms with Gasteiger partial charge in [-0.15, -0.1) is 0 Å². The van der Waals surface area contributed by atoms with Gasteiger partial charge in [-0.1, -0.05) is 26.0 Å². The van der Waals surface area contributed by atoms with E-state index in [1.807, 2.05) is 13.8 Å². The van der Waals surface area contributed by atoms with Crippen molar-refractivity contribution in [3.63, 3.8) is 0 Å². The number of aliphatic carboxylic acids is 1. The Morgan fingerprint density at radius 3 is 2.29 bits per heavy atom. The van der Waals surface area contributed by atoms with Crippen molar-refractivity contribution in [2.75, 3.05) is 32.9 Å². The Morgan fingerprint density at radius 1 is 1.13 bits per heavy atom. The molecule has 10 heteroatoms. The number of carboxylic acids is 1. The first kappa shape index (κ1) is 26.5. The van der Waals surface area contributed by atoms with Crippen LogP contribution < -0.4 is 4.74 Å². The fraction of sp³-hybridized carbons (Fsp3) is 0.619. The number of carboxylic acid groups (broad SMARTS) is 1. The SMILES string of the molecule is CCOC(Cc1ccc(OCCN(CCC(C)C)C(=O)OCC(F)(F)F)cc1)C(=O)O. The number of rotatable bonds is 13. The second-order valence-electron chi connectivity index (χ2n) is 7.32. The molecule has 1 N–H and O–H groups in total. The summed E-state index contributed by atoms with van der Waals surface area (Å²) < 4.78 is 52.0. The summed E-state index contributed by atoms with van der Waals surface area (Å²) in [5, 5.41) is 9.14. The van der Waals surface area contributed by atoms with Gasteiger partial charge in [-0.05, 0) is 37.0 Å². The maximum Gasteiger partial charge on any atom is 0.422 e. The lowest BCUT2D eigenvalue weighted by atomic mass is 10.1. The van der Waals surface area contributed by atoms with Gasteiger partial charge in [0.1, 0.15) is 12.4 Å². The molecule has 0 spiro atoms. The van der Waals surface area contributed by atoms with Crippen molar-refractivity contribution in [2.24, 2.45) is 5.92 Å². The van der Waals surface area contributed by atoms with E-state index in [-0.39, 0.29) is 38.6 Å². The normalized spacial score (nSPS) is 12.5. The Bertz CT molecular complexity index is 679. The van der Waals surface area contributed by atoms with Gasteiger partial charge in [0.2, 0.25) is 0 Å². The average Bonchev–Trinajstić information content (AvgIpc) is 2.68. The van der Waals surface area contributed by atoms with Crippen LogP contribution in [-0.4, -0.2) is 67.3 Å². The van der Waals surface area contributed by atoms with E-state index in [4.69, 9.17) is 14.6 Å². The first-order valence-electron chi connectivity index (χ1n) is 10.1. The summed E-state index contributed by atoms with van der Waals surface area (Å²) in [5.41, 5.74) is 0.752.